The average molecular weight is 427 g/mol. The minimum Gasteiger partial charge on any atom is -0.361 e. The number of hydrogen-bond donors (Lipinski definition) is 1. The van der Waals surface area contributed by atoms with Crippen molar-refractivity contribution in [2.24, 2.45) is 0 Å². The maximum absolute atomic E-state index is 13.2. The number of rotatable bonds is 4. The van der Waals surface area contributed by atoms with Gasteiger partial charge in [-0.3, -0.25) is 4.79 Å². The van der Waals surface area contributed by atoms with Gasteiger partial charge in [-0.2, -0.15) is 13.2 Å². The molecule has 4 aromatic rings. The predicted molar refractivity (Wildman–Crippen MR) is 104 cm³/mol. The van der Waals surface area contributed by atoms with Gasteiger partial charge in [0, 0.05) is 11.5 Å². The summed E-state index contributed by atoms with van der Waals surface area (Å²) in [6, 6.07) is 5.29. The van der Waals surface area contributed by atoms with Crippen LogP contribution in [0.2, 0.25) is 0 Å². The second-order valence-corrected chi connectivity index (χ2v) is 7.65. The van der Waals surface area contributed by atoms with Gasteiger partial charge >= 0.3 is 6.18 Å². The summed E-state index contributed by atoms with van der Waals surface area (Å²) >= 11 is 0. The number of nitrogens with one attached hydrogen (secondary N) is 1. The maximum Gasteiger partial charge on any atom is 0.435 e. The summed E-state index contributed by atoms with van der Waals surface area (Å²) in [7, 11) is 0. The van der Waals surface area contributed by atoms with E-state index in [-0.39, 0.29) is 11.3 Å². The lowest BCUT2D eigenvalue weighted by Gasteiger charge is -2.07. The summed E-state index contributed by atoms with van der Waals surface area (Å²) < 4.78 is 43.7. The van der Waals surface area contributed by atoms with Gasteiger partial charge < -0.3 is 9.51 Å². The normalized spacial score (nSPS) is 14.4. The van der Waals surface area contributed by atoms with Gasteiger partial charge in [-0.05, 0) is 56.5 Å². The molecule has 1 aliphatic carbocycles. The first kappa shape index (κ1) is 19.4. The van der Waals surface area contributed by atoms with Crippen LogP contribution in [0.5, 0.6) is 0 Å². The van der Waals surface area contributed by atoms with Crippen LogP contribution in [0.25, 0.3) is 22.2 Å². The lowest BCUT2D eigenvalue weighted by atomic mass is 9.97. The monoisotopic (exact) mass is 427 g/mol. The number of benzene rings is 1. The van der Waals surface area contributed by atoms with Crippen molar-refractivity contribution in [3.63, 3.8) is 0 Å². The summed E-state index contributed by atoms with van der Waals surface area (Å²) in [5, 5.41) is 10.7. The summed E-state index contributed by atoms with van der Waals surface area (Å²) in [5.74, 6) is 1.14. The highest BCUT2D eigenvalue weighted by Crippen LogP contribution is 2.40. The zero-order chi connectivity index (χ0) is 21.9. The number of aromatic amines is 1. The Morgan fingerprint density at radius 2 is 1.94 bits per heavy atom. The molecule has 0 saturated heterocycles. The van der Waals surface area contributed by atoms with Gasteiger partial charge in [-0.1, -0.05) is 5.16 Å². The molecule has 0 aliphatic heterocycles. The molecule has 1 fully saturated rings. The Morgan fingerprint density at radius 3 is 2.52 bits per heavy atom. The molecule has 0 amide bonds. The smallest absolute Gasteiger partial charge is 0.361 e. The number of hydrogen-bond acceptors (Lipinski definition) is 6. The predicted octanol–water partition coefficient (Wildman–Crippen LogP) is 4.75. The van der Waals surface area contributed by atoms with E-state index in [1.165, 1.54) is 0 Å². The standard InChI is InChI=1S/C21H16F3N5O2/c1-9-17(10(2)31-29-9)12-7-13(18-15(8-12)25-20(26-18)11-3-4-11)19(30)14-5-6-16(28-27-14)21(22,23)24/h5-8,11H,3-4H2,1-2H3,(H,25,26). The molecule has 1 aliphatic rings. The zero-order valence-electron chi connectivity index (χ0n) is 16.5. The highest BCUT2D eigenvalue weighted by Gasteiger charge is 2.33. The fourth-order valence-electron chi connectivity index (χ4n) is 3.64. The van der Waals surface area contributed by atoms with Crippen molar-refractivity contribution in [1.82, 2.24) is 25.3 Å². The molecule has 1 N–H and O–H groups in total. The largest absolute Gasteiger partial charge is 0.435 e. The Labute approximate surface area is 173 Å². The molecule has 1 aromatic carbocycles. The summed E-state index contributed by atoms with van der Waals surface area (Å²) in [6.07, 6.45) is -2.60. The Hall–Kier alpha value is -3.56. The van der Waals surface area contributed by atoms with Gasteiger partial charge in [-0.15, -0.1) is 10.2 Å². The number of ketones is 1. The summed E-state index contributed by atoms with van der Waals surface area (Å²) in [6.45, 7) is 3.56. The van der Waals surface area contributed by atoms with Gasteiger partial charge in [-0.25, -0.2) is 4.98 Å². The van der Waals surface area contributed by atoms with Crippen molar-refractivity contribution >= 4 is 16.8 Å². The van der Waals surface area contributed by atoms with E-state index in [0.29, 0.717) is 34.0 Å². The average Bonchev–Trinajstić information content (AvgIpc) is 3.41. The fraction of sp³-hybridized carbons (Fsp3) is 0.286. The van der Waals surface area contributed by atoms with Crippen LogP contribution in [0, 0.1) is 13.8 Å². The Kier molecular flexibility index (Phi) is 4.21. The number of carbonyl (C=O) groups is 1. The quantitative estimate of drug-likeness (QED) is 0.472. The number of halogens is 3. The highest BCUT2D eigenvalue weighted by molar-refractivity contribution is 6.15. The third-order valence-corrected chi connectivity index (χ3v) is 5.32. The summed E-state index contributed by atoms with van der Waals surface area (Å²) in [5.41, 5.74) is 2.08. The van der Waals surface area contributed by atoms with Crippen LogP contribution in [0.3, 0.4) is 0 Å². The molecule has 3 aromatic heterocycles. The van der Waals surface area contributed by atoms with Crippen LogP contribution in [0.15, 0.2) is 28.8 Å². The lowest BCUT2D eigenvalue weighted by molar-refractivity contribution is -0.141. The number of nitrogens with zero attached hydrogens (tertiary/aromatic N) is 4. The van der Waals surface area contributed by atoms with Crippen LogP contribution in [-0.2, 0) is 6.18 Å². The molecule has 31 heavy (non-hydrogen) atoms. The van der Waals surface area contributed by atoms with Crippen LogP contribution >= 0.6 is 0 Å². The molecule has 7 nitrogen and oxygen atoms in total. The Bertz CT molecular complexity index is 1300. The van der Waals surface area contributed by atoms with Gasteiger partial charge in [0.2, 0.25) is 5.78 Å². The molecule has 158 valence electrons. The molecule has 0 atom stereocenters. The van der Waals surface area contributed by atoms with E-state index in [4.69, 9.17) is 4.52 Å². The number of aryl methyl sites for hydroxylation is 2. The lowest BCUT2D eigenvalue weighted by Crippen LogP contribution is -2.12. The van der Waals surface area contributed by atoms with Gasteiger partial charge in [0.05, 0.1) is 22.3 Å². The van der Waals surface area contributed by atoms with E-state index < -0.39 is 17.7 Å². The van der Waals surface area contributed by atoms with Crippen molar-refractivity contribution in [3.05, 3.63) is 58.5 Å². The molecule has 1 saturated carbocycles. The van der Waals surface area contributed by atoms with Crippen molar-refractivity contribution in [1.29, 1.82) is 0 Å². The third kappa shape index (κ3) is 3.37. The Balaban J connectivity index is 1.66. The van der Waals surface area contributed by atoms with E-state index in [2.05, 4.69) is 25.3 Å². The van der Waals surface area contributed by atoms with Gasteiger partial charge in [0.25, 0.3) is 0 Å². The van der Waals surface area contributed by atoms with Crippen LogP contribution < -0.4 is 0 Å². The topological polar surface area (TPSA) is 97.6 Å². The minimum absolute atomic E-state index is 0.193. The first-order valence-electron chi connectivity index (χ1n) is 9.65. The van der Waals surface area contributed by atoms with Crippen molar-refractivity contribution in [2.75, 3.05) is 0 Å². The second kappa shape index (κ2) is 6.73. The number of alkyl halides is 3. The molecule has 10 heteroatoms. The summed E-state index contributed by atoms with van der Waals surface area (Å²) in [4.78, 5) is 21.1. The molecule has 0 radical (unpaired) electrons. The van der Waals surface area contributed by atoms with E-state index in [0.717, 1.165) is 36.4 Å². The molecule has 5 rings (SSSR count). The molecule has 0 unspecified atom stereocenters. The van der Waals surface area contributed by atoms with E-state index in [1.807, 2.05) is 6.07 Å². The molecule has 3 heterocycles. The minimum atomic E-state index is -4.63. The molecular formula is C21H16F3N5O2. The second-order valence-electron chi connectivity index (χ2n) is 7.65. The molecule has 0 bridgehead atoms. The van der Waals surface area contributed by atoms with Crippen LogP contribution in [0.4, 0.5) is 13.2 Å². The van der Waals surface area contributed by atoms with Crippen molar-refractivity contribution < 1.29 is 22.5 Å². The van der Waals surface area contributed by atoms with Crippen LogP contribution in [-0.4, -0.2) is 31.1 Å². The highest BCUT2D eigenvalue weighted by atomic mass is 19.4. The third-order valence-electron chi connectivity index (χ3n) is 5.32. The number of aromatic nitrogens is 5. The van der Waals surface area contributed by atoms with Gasteiger partial charge in [0.1, 0.15) is 17.3 Å². The number of H-pyrrole nitrogens is 1. The van der Waals surface area contributed by atoms with Crippen molar-refractivity contribution in [2.45, 2.75) is 38.8 Å². The number of fused-ring (bicyclic) bond motifs is 1. The number of imidazole rings is 1. The maximum atomic E-state index is 13.2. The van der Waals surface area contributed by atoms with E-state index >= 15 is 0 Å². The first-order valence-corrected chi connectivity index (χ1v) is 9.65. The Morgan fingerprint density at radius 1 is 1.16 bits per heavy atom. The van der Waals surface area contributed by atoms with E-state index in [9.17, 15) is 18.0 Å². The van der Waals surface area contributed by atoms with Crippen LogP contribution in [0.1, 0.15) is 57.8 Å². The fourth-order valence-corrected chi connectivity index (χ4v) is 3.64. The van der Waals surface area contributed by atoms with E-state index in [1.54, 1.807) is 19.9 Å². The SMILES string of the molecule is Cc1noc(C)c1-c1cc(C(=O)c2ccc(C(F)(F)F)nn2)c2nc(C3CC3)[nH]c2c1. The number of carbonyl (C=O) groups excluding carboxylic acids is 1. The molecular weight excluding hydrogens is 411 g/mol. The van der Waals surface area contributed by atoms with Crippen molar-refractivity contribution in [3.8, 4) is 11.1 Å². The first-order chi connectivity index (χ1) is 14.7. The van der Waals surface area contributed by atoms with Gasteiger partial charge in [0.15, 0.2) is 5.69 Å². The molecule has 0 spiro atoms. The zero-order valence-corrected chi connectivity index (χ0v) is 16.5.